The molecule has 13 amide bonds. The number of para-hydroxylation sites is 1. The lowest BCUT2D eigenvalue weighted by Gasteiger charge is -2.31. The first-order valence-electron chi connectivity index (χ1n) is 37.8. The van der Waals surface area contributed by atoms with Crippen LogP contribution in [0.3, 0.4) is 0 Å². The largest absolute Gasteiger partial charge is 0.481 e. The normalized spacial score (nSPS) is 23.8. The standard InChI is InChI=1S/C74H114N20O20/c1-9-39(6)59-70(111)94-60(40(7)96)72(113)114-41(8)61(92-56(99)33-44(97)29-37(2)3)71(112)88-48(22-16-28-81-74(78)79)64(105)91-54(36-95)62(103)83-35-57(100)84-52(31-42-17-11-10-12-18-42)68(109)89-51(30-38(4)5)67(108)85-47(21-15-27-80-73(76)77)63(104)87-50(24-26-58(101)102)65(106)86-49(23-25-55(75)98)66(107)90-53(69(110)93-59)32-43-34-82-46-20-14-13-19-45(43)46/h10-14,17-20,34,37-41,44,47-54,59-61,82,95-97H,9,15-16,21-33,35-36H2,1-8H3,(H2,75,98)(H,83,103)(H,84,100)(H,85,108)(H,86,106)(H,87,104)(H,88,112)(H,89,109)(H,90,107)(H,91,105)(H,92,99)(H,93,110)(H,94,111)(H,101,102)(H4,76,77,80)(H4,78,79,81)/t39-,40+,41+,44+,47+,48?,49?,50-,51-,52+,53+,54-,59?,60-,61-/m0/s1. The quantitative estimate of drug-likeness (QED) is 0.0134. The molecule has 2 aromatic carbocycles. The number of carbonyl (C=O) groups excluding carboxylic acids is 14. The number of aliphatic hydroxyl groups excluding tert-OH is 3. The van der Waals surface area contributed by atoms with Crippen LogP contribution < -0.4 is 92.5 Å². The van der Waals surface area contributed by atoms with E-state index in [2.05, 4.69) is 78.8 Å². The third-order valence-electron chi connectivity index (χ3n) is 18.4. The summed E-state index contributed by atoms with van der Waals surface area (Å²) in [6.45, 7) is 10.0. The first kappa shape index (κ1) is 94.8. The second kappa shape index (κ2) is 47.7. The van der Waals surface area contributed by atoms with Crippen LogP contribution in [0.1, 0.15) is 144 Å². The molecular weight excluding hydrogens is 1490 g/mol. The van der Waals surface area contributed by atoms with E-state index in [1.807, 2.05) is 0 Å². The summed E-state index contributed by atoms with van der Waals surface area (Å²) in [4.78, 5) is 225. The number of hydrogen-bond donors (Lipinski definition) is 22. The molecular formula is C74H114N20O20. The van der Waals surface area contributed by atoms with E-state index >= 15 is 4.79 Å². The third-order valence-corrected chi connectivity index (χ3v) is 18.4. The maximum Gasteiger partial charge on any atom is 0.331 e. The predicted octanol–water partition coefficient (Wildman–Crippen LogP) is -5.15. The zero-order chi connectivity index (χ0) is 85.1. The van der Waals surface area contributed by atoms with E-state index in [1.54, 1.807) is 89.2 Å². The van der Waals surface area contributed by atoms with Gasteiger partial charge < -0.3 is 123 Å². The van der Waals surface area contributed by atoms with E-state index < -0.39 is 225 Å². The van der Waals surface area contributed by atoms with Crippen molar-refractivity contribution in [1.82, 2.24) is 68.8 Å². The number of nitrogens with one attached hydrogen (secondary N) is 13. The highest BCUT2D eigenvalue weighted by atomic mass is 16.5. The topological polar surface area (TPSA) is 661 Å². The van der Waals surface area contributed by atoms with Crippen molar-refractivity contribution in [3.63, 3.8) is 0 Å². The Kier molecular flexibility index (Phi) is 39.7. The summed E-state index contributed by atoms with van der Waals surface area (Å²) in [5, 5.41) is 73.0. The number of cyclic esters (lactones) is 1. The van der Waals surface area contributed by atoms with Gasteiger partial charge in [-0.05, 0) is 100 Å². The number of aliphatic carboxylic acids is 1. The molecule has 40 heteroatoms. The van der Waals surface area contributed by atoms with Gasteiger partial charge in [-0.3, -0.25) is 77.1 Å². The van der Waals surface area contributed by atoms with Gasteiger partial charge in [-0.25, -0.2) is 4.79 Å². The summed E-state index contributed by atoms with van der Waals surface area (Å²) < 4.78 is 5.75. The molecule has 1 aromatic heterocycles. The van der Waals surface area contributed by atoms with Gasteiger partial charge in [0.1, 0.15) is 66.5 Å². The number of esters is 1. The zero-order valence-electron chi connectivity index (χ0n) is 65.4. The lowest BCUT2D eigenvalue weighted by atomic mass is 9.96. The summed E-state index contributed by atoms with van der Waals surface area (Å²) in [7, 11) is 0. The number of amides is 13. The maximum atomic E-state index is 15.1. The first-order valence-corrected chi connectivity index (χ1v) is 37.8. The molecule has 1 aliphatic heterocycles. The molecule has 3 aromatic rings. The van der Waals surface area contributed by atoms with Crippen LogP contribution in [0.25, 0.3) is 10.9 Å². The Balaban J connectivity index is 1.97. The van der Waals surface area contributed by atoms with Gasteiger partial charge in [0.15, 0.2) is 18.0 Å². The van der Waals surface area contributed by atoms with Gasteiger partial charge in [0.05, 0.1) is 31.8 Å². The molecule has 0 bridgehead atoms. The number of hydrogen-bond acceptors (Lipinski definition) is 21. The number of guanidine groups is 2. The van der Waals surface area contributed by atoms with Crippen molar-refractivity contribution in [2.24, 2.45) is 56.4 Å². The van der Waals surface area contributed by atoms with E-state index in [0.717, 1.165) is 13.8 Å². The number of rotatable bonds is 29. The van der Waals surface area contributed by atoms with Crippen LogP contribution >= 0.6 is 0 Å². The molecule has 4 rings (SSSR count). The number of carboxylic acids is 1. The second-order valence-electron chi connectivity index (χ2n) is 28.9. The minimum Gasteiger partial charge on any atom is -0.481 e. The molecule has 1 saturated heterocycles. The Morgan fingerprint density at radius 3 is 1.56 bits per heavy atom. The van der Waals surface area contributed by atoms with Gasteiger partial charge in [0, 0.05) is 55.9 Å². The van der Waals surface area contributed by atoms with Gasteiger partial charge in [-0.2, -0.15) is 0 Å². The molecule has 1 aliphatic rings. The van der Waals surface area contributed by atoms with Crippen LogP contribution in [-0.2, 0) is 89.5 Å². The monoisotopic (exact) mass is 1600 g/mol. The summed E-state index contributed by atoms with van der Waals surface area (Å²) in [6.07, 6.45) is -7.80. The molecule has 630 valence electrons. The zero-order valence-corrected chi connectivity index (χ0v) is 65.4. The lowest BCUT2D eigenvalue weighted by molar-refractivity contribution is -0.159. The number of aliphatic hydroxyl groups is 3. The van der Waals surface area contributed by atoms with E-state index in [1.165, 1.54) is 13.1 Å². The van der Waals surface area contributed by atoms with Crippen LogP contribution in [0.15, 0.2) is 70.8 Å². The molecule has 15 atom stereocenters. The molecule has 1 fully saturated rings. The highest BCUT2D eigenvalue weighted by Gasteiger charge is 2.41. The number of primary amides is 1. The van der Waals surface area contributed by atoms with Crippen molar-refractivity contribution in [1.29, 1.82) is 0 Å². The van der Waals surface area contributed by atoms with Gasteiger partial charge in [0.25, 0.3) is 0 Å². The summed E-state index contributed by atoms with van der Waals surface area (Å²) in [5.74, 6) is -19.1. The number of fused-ring (bicyclic) bond motifs is 1. The fourth-order valence-corrected chi connectivity index (χ4v) is 12.1. The fraction of sp³-hybridized carbons (Fsp3) is 0.581. The first-order chi connectivity index (χ1) is 53.8. The van der Waals surface area contributed by atoms with Gasteiger partial charge in [-0.15, -0.1) is 0 Å². The molecule has 27 N–H and O–H groups in total. The summed E-state index contributed by atoms with van der Waals surface area (Å²) >= 11 is 0. The Morgan fingerprint density at radius 1 is 0.553 bits per heavy atom. The van der Waals surface area contributed by atoms with Gasteiger partial charge >= 0.3 is 11.9 Å². The number of H-pyrrole nitrogens is 1. The maximum absolute atomic E-state index is 15.1. The van der Waals surface area contributed by atoms with E-state index in [4.69, 9.17) is 33.4 Å². The molecule has 40 nitrogen and oxygen atoms in total. The molecule has 0 aliphatic carbocycles. The number of aliphatic imine (C=N–C) groups is 2. The second-order valence-corrected chi connectivity index (χ2v) is 28.9. The minimum atomic E-state index is -2.04. The Labute approximate surface area is 659 Å². The van der Waals surface area contributed by atoms with Crippen molar-refractivity contribution in [2.75, 3.05) is 26.2 Å². The molecule has 0 spiro atoms. The van der Waals surface area contributed by atoms with E-state index in [-0.39, 0.29) is 94.6 Å². The van der Waals surface area contributed by atoms with Crippen molar-refractivity contribution >= 4 is 112 Å². The lowest BCUT2D eigenvalue weighted by Crippen LogP contribution is -2.62. The number of aromatic amines is 1. The van der Waals surface area contributed by atoms with Crippen LogP contribution in [0.4, 0.5) is 0 Å². The van der Waals surface area contributed by atoms with Crippen LogP contribution in [0.2, 0.25) is 0 Å². The number of ether oxygens (including phenoxy) is 1. The van der Waals surface area contributed by atoms with Crippen LogP contribution in [-0.4, -0.2) is 237 Å². The van der Waals surface area contributed by atoms with Crippen molar-refractivity contribution < 1.29 is 97.1 Å². The molecule has 0 saturated carbocycles. The summed E-state index contributed by atoms with van der Waals surface area (Å²) in [6, 6.07) is -4.31. The van der Waals surface area contributed by atoms with E-state index in [9.17, 15) is 87.5 Å². The molecule has 0 radical (unpaired) electrons. The molecule has 2 heterocycles. The Morgan fingerprint density at radius 2 is 1.04 bits per heavy atom. The predicted molar refractivity (Wildman–Crippen MR) is 415 cm³/mol. The van der Waals surface area contributed by atoms with Crippen LogP contribution in [0, 0.1) is 17.8 Å². The van der Waals surface area contributed by atoms with Crippen LogP contribution in [0.5, 0.6) is 0 Å². The number of aromatic nitrogens is 1. The average molecular weight is 1600 g/mol. The number of nitrogens with two attached hydrogens (primary N) is 5. The Hall–Kier alpha value is -11.5. The Bertz CT molecular complexity index is 3850. The number of benzene rings is 2. The SMILES string of the molecule is CC[C@H](C)C1NC(=O)[C@@H](Cc2c[nH]c3ccccc23)NC(=O)C(CCC(N)=O)NC(=O)[C@H](CCC(=O)O)NC(=O)[C@@H](CCCN=C(N)N)NC(=O)[C@H](CC(C)C)NC(=O)[C@@H](Cc2ccccc2)NC(=O)CNC(=O)[C@H](CO)NC(=O)C(CCCN=C(N)N)NC(=O)[C@@H](NC(=O)C[C@H](O)CC(C)C)[C@@H](C)OC(=O)[C@H]([C@@H](C)O)NC1=O. The highest BCUT2D eigenvalue weighted by molar-refractivity contribution is 6.00. The molecule has 114 heavy (non-hydrogen) atoms. The molecule has 3 unspecified atom stereocenters. The number of carbonyl (C=O) groups is 15. The number of nitrogens with zero attached hydrogens (tertiary/aromatic N) is 2. The smallest absolute Gasteiger partial charge is 0.331 e. The average Bonchev–Trinajstić information content (AvgIpc) is 1.63. The van der Waals surface area contributed by atoms with E-state index in [0.29, 0.717) is 22.0 Å². The van der Waals surface area contributed by atoms with Crippen molar-refractivity contribution in [2.45, 2.75) is 230 Å². The summed E-state index contributed by atoms with van der Waals surface area (Å²) in [5.41, 5.74) is 29.4. The van der Waals surface area contributed by atoms with Gasteiger partial charge in [-0.1, -0.05) is 96.5 Å². The third kappa shape index (κ3) is 33.0. The van der Waals surface area contributed by atoms with Crippen molar-refractivity contribution in [3.05, 3.63) is 71.9 Å². The van der Waals surface area contributed by atoms with Crippen molar-refractivity contribution in [3.8, 4) is 0 Å². The number of carboxylic acid groups (broad SMARTS) is 1. The van der Waals surface area contributed by atoms with Gasteiger partial charge in [0.2, 0.25) is 76.8 Å². The minimum absolute atomic E-state index is 0.0339. The fourth-order valence-electron chi connectivity index (χ4n) is 12.1. The highest BCUT2D eigenvalue weighted by Crippen LogP contribution is 2.22.